The molecule has 7 heteroatoms. The molecular formula is C20H32N6O. The Hall–Kier alpha value is -2.44. The molecule has 0 amide bonds. The molecule has 0 spiro atoms. The Morgan fingerprint density at radius 2 is 2.07 bits per heavy atom. The molecule has 27 heavy (non-hydrogen) atoms. The molecular weight excluding hydrogens is 340 g/mol. The van der Waals surface area contributed by atoms with Gasteiger partial charge in [-0.05, 0) is 38.3 Å². The summed E-state index contributed by atoms with van der Waals surface area (Å²) in [6.07, 6.45) is 5.95. The predicted molar refractivity (Wildman–Crippen MR) is 108 cm³/mol. The quantitative estimate of drug-likeness (QED) is 0.491. The first-order valence-electron chi connectivity index (χ1n) is 9.87. The van der Waals surface area contributed by atoms with Crippen molar-refractivity contribution in [3.05, 3.63) is 30.2 Å². The highest BCUT2D eigenvalue weighted by Gasteiger charge is 2.10. The molecule has 2 aromatic heterocycles. The Kier molecular flexibility index (Phi) is 8.74. The van der Waals surface area contributed by atoms with E-state index in [1.165, 1.54) is 12.8 Å². The fraction of sp³-hybridized carbons (Fsp3) is 0.600. The molecule has 7 nitrogen and oxygen atoms in total. The maximum Gasteiger partial charge on any atom is 0.276 e. The number of guanidine groups is 1. The van der Waals surface area contributed by atoms with Crippen LogP contribution in [0.15, 0.2) is 33.9 Å². The summed E-state index contributed by atoms with van der Waals surface area (Å²) >= 11 is 0. The van der Waals surface area contributed by atoms with Gasteiger partial charge in [0.05, 0.1) is 0 Å². The van der Waals surface area contributed by atoms with Crippen molar-refractivity contribution in [2.75, 3.05) is 13.1 Å². The van der Waals surface area contributed by atoms with E-state index in [-0.39, 0.29) is 0 Å². The zero-order valence-electron chi connectivity index (χ0n) is 16.9. The number of rotatable bonds is 10. The molecule has 2 aromatic rings. The number of nitrogens with zero attached hydrogens (tertiary/aromatic N) is 4. The third-order valence-corrected chi connectivity index (χ3v) is 4.10. The van der Waals surface area contributed by atoms with E-state index in [2.05, 4.69) is 58.4 Å². The molecule has 0 fully saturated rings. The molecule has 0 aromatic carbocycles. The summed E-state index contributed by atoms with van der Waals surface area (Å²) in [6, 6.07) is 5.99. The SMILES string of the molecule is CCNC(=NCCc1noc(-c2ccccn2)n1)NC(C)CCCC(C)C. The molecule has 148 valence electrons. The van der Waals surface area contributed by atoms with Crippen molar-refractivity contribution in [1.82, 2.24) is 25.8 Å². The van der Waals surface area contributed by atoms with Crippen molar-refractivity contribution >= 4 is 5.96 Å². The molecule has 2 rings (SSSR count). The molecule has 0 saturated heterocycles. The van der Waals surface area contributed by atoms with Crippen LogP contribution in [0.2, 0.25) is 0 Å². The van der Waals surface area contributed by atoms with Gasteiger partial charge in [-0.3, -0.25) is 9.98 Å². The summed E-state index contributed by atoms with van der Waals surface area (Å²) < 4.78 is 5.28. The van der Waals surface area contributed by atoms with E-state index < -0.39 is 0 Å². The largest absolute Gasteiger partial charge is 0.357 e. The van der Waals surface area contributed by atoms with Crippen LogP contribution in [0.3, 0.4) is 0 Å². The minimum atomic E-state index is 0.391. The van der Waals surface area contributed by atoms with Crippen LogP contribution in [0, 0.1) is 5.92 Å². The van der Waals surface area contributed by atoms with E-state index in [1.54, 1.807) is 6.20 Å². The Labute approximate surface area is 162 Å². The van der Waals surface area contributed by atoms with Crippen molar-refractivity contribution in [3.8, 4) is 11.6 Å². The van der Waals surface area contributed by atoms with Gasteiger partial charge in [0.2, 0.25) is 0 Å². The first-order valence-corrected chi connectivity index (χ1v) is 9.87. The van der Waals surface area contributed by atoms with Crippen molar-refractivity contribution < 1.29 is 4.52 Å². The van der Waals surface area contributed by atoms with Gasteiger partial charge in [-0.15, -0.1) is 0 Å². The van der Waals surface area contributed by atoms with Gasteiger partial charge in [-0.2, -0.15) is 4.98 Å². The fourth-order valence-electron chi connectivity index (χ4n) is 2.67. The van der Waals surface area contributed by atoms with Crippen LogP contribution < -0.4 is 10.6 Å². The lowest BCUT2D eigenvalue weighted by Crippen LogP contribution is -2.42. The third-order valence-electron chi connectivity index (χ3n) is 4.10. The van der Waals surface area contributed by atoms with Crippen molar-refractivity contribution in [2.45, 2.75) is 59.4 Å². The first kappa shape index (κ1) is 20.9. The van der Waals surface area contributed by atoms with E-state index in [0.29, 0.717) is 36.4 Å². The van der Waals surface area contributed by atoms with E-state index in [9.17, 15) is 0 Å². The zero-order valence-corrected chi connectivity index (χ0v) is 16.9. The molecule has 0 aliphatic heterocycles. The van der Waals surface area contributed by atoms with Gasteiger partial charge < -0.3 is 15.2 Å². The Morgan fingerprint density at radius 3 is 2.78 bits per heavy atom. The fourth-order valence-corrected chi connectivity index (χ4v) is 2.67. The lowest BCUT2D eigenvalue weighted by molar-refractivity contribution is 0.421. The van der Waals surface area contributed by atoms with Crippen LogP contribution in [0.1, 0.15) is 52.8 Å². The van der Waals surface area contributed by atoms with Crippen LogP contribution in [-0.2, 0) is 6.42 Å². The van der Waals surface area contributed by atoms with E-state index in [4.69, 9.17) is 4.52 Å². The van der Waals surface area contributed by atoms with Gasteiger partial charge in [0.15, 0.2) is 11.8 Å². The van der Waals surface area contributed by atoms with Crippen LogP contribution >= 0.6 is 0 Å². The second-order valence-corrected chi connectivity index (χ2v) is 7.11. The first-order chi connectivity index (χ1) is 13.1. The smallest absolute Gasteiger partial charge is 0.276 e. The number of aromatic nitrogens is 3. The molecule has 0 bridgehead atoms. The summed E-state index contributed by atoms with van der Waals surface area (Å²) in [5.74, 6) is 2.67. The average molecular weight is 373 g/mol. The zero-order chi connectivity index (χ0) is 19.5. The van der Waals surface area contributed by atoms with Crippen molar-refractivity contribution in [2.24, 2.45) is 10.9 Å². The van der Waals surface area contributed by atoms with Gasteiger partial charge >= 0.3 is 0 Å². The number of hydrogen-bond acceptors (Lipinski definition) is 5. The van der Waals surface area contributed by atoms with Crippen LogP contribution in [0.25, 0.3) is 11.6 Å². The second-order valence-electron chi connectivity index (χ2n) is 7.11. The number of pyridine rings is 1. The van der Waals surface area contributed by atoms with E-state index >= 15 is 0 Å². The van der Waals surface area contributed by atoms with Crippen molar-refractivity contribution in [3.63, 3.8) is 0 Å². The Balaban J connectivity index is 1.83. The maximum absolute atomic E-state index is 5.28. The molecule has 0 aliphatic rings. The lowest BCUT2D eigenvalue weighted by Gasteiger charge is -2.18. The van der Waals surface area contributed by atoms with Crippen molar-refractivity contribution in [1.29, 1.82) is 0 Å². The monoisotopic (exact) mass is 372 g/mol. The molecule has 1 unspecified atom stereocenters. The Bertz CT molecular complexity index is 683. The predicted octanol–water partition coefficient (Wildman–Crippen LogP) is 3.44. The summed E-state index contributed by atoms with van der Waals surface area (Å²) in [5, 5.41) is 10.8. The minimum absolute atomic E-state index is 0.391. The number of nitrogens with one attached hydrogen (secondary N) is 2. The highest BCUT2D eigenvalue weighted by atomic mass is 16.5. The minimum Gasteiger partial charge on any atom is -0.357 e. The highest BCUT2D eigenvalue weighted by molar-refractivity contribution is 5.80. The summed E-state index contributed by atoms with van der Waals surface area (Å²) in [5.41, 5.74) is 0.685. The van der Waals surface area contributed by atoms with Crippen LogP contribution in [-0.4, -0.2) is 40.2 Å². The molecule has 2 heterocycles. The normalized spacial score (nSPS) is 13.0. The Morgan fingerprint density at radius 1 is 1.22 bits per heavy atom. The summed E-state index contributed by atoms with van der Waals surface area (Å²) in [6.45, 7) is 10.2. The maximum atomic E-state index is 5.28. The highest BCUT2D eigenvalue weighted by Crippen LogP contribution is 2.13. The molecule has 0 saturated carbocycles. The summed E-state index contributed by atoms with van der Waals surface area (Å²) in [4.78, 5) is 13.2. The summed E-state index contributed by atoms with van der Waals surface area (Å²) in [7, 11) is 0. The van der Waals surface area contributed by atoms with Gasteiger partial charge in [0.25, 0.3) is 5.89 Å². The number of aliphatic imine (C=N–C) groups is 1. The van der Waals surface area contributed by atoms with Gasteiger partial charge in [-0.1, -0.05) is 37.9 Å². The number of hydrogen-bond donors (Lipinski definition) is 2. The van der Waals surface area contributed by atoms with Gasteiger partial charge in [0, 0.05) is 31.7 Å². The molecule has 0 aliphatic carbocycles. The van der Waals surface area contributed by atoms with Crippen LogP contribution in [0.4, 0.5) is 0 Å². The third kappa shape index (κ3) is 7.76. The molecule has 0 radical (unpaired) electrons. The van der Waals surface area contributed by atoms with Gasteiger partial charge in [-0.25, -0.2) is 0 Å². The second kappa shape index (κ2) is 11.3. The standard InChI is InChI=1S/C20H32N6O/c1-5-21-20(24-16(4)10-8-9-15(2)3)23-14-12-18-25-19(27-26-18)17-11-6-7-13-22-17/h6-7,11,13,15-16H,5,8-10,12,14H2,1-4H3,(H2,21,23,24). The molecule has 1 atom stereocenters. The lowest BCUT2D eigenvalue weighted by atomic mass is 10.0. The van der Waals surface area contributed by atoms with Crippen LogP contribution in [0.5, 0.6) is 0 Å². The van der Waals surface area contributed by atoms with E-state index in [0.717, 1.165) is 24.8 Å². The topological polar surface area (TPSA) is 88.2 Å². The molecule has 2 N–H and O–H groups in total. The van der Waals surface area contributed by atoms with Gasteiger partial charge in [0.1, 0.15) is 5.69 Å². The average Bonchev–Trinajstić information content (AvgIpc) is 3.11. The van der Waals surface area contributed by atoms with E-state index in [1.807, 2.05) is 18.2 Å².